The topological polar surface area (TPSA) is 75.7 Å². The second kappa shape index (κ2) is 10.5. The predicted molar refractivity (Wildman–Crippen MR) is 130 cm³/mol. The Balaban J connectivity index is 1.40. The number of carbonyl (C=O) groups is 3. The molecule has 3 aromatic carbocycles. The fraction of sp³-hybridized carbons (Fsp3) is 0.0800. The maximum absolute atomic E-state index is 13.0. The van der Waals surface area contributed by atoms with E-state index in [9.17, 15) is 18.8 Å². The van der Waals surface area contributed by atoms with Crippen LogP contribution in [0.25, 0.3) is 6.08 Å². The Bertz CT molecular complexity index is 1280. The molecule has 0 unspecified atom stereocenters. The van der Waals surface area contributed by atoms with E-state index < -0.39 is 29.4 Å². The van der Waals surface area contributed by atoms with Crippen LogP contribution in [-0.2, 0) is 16.2 Å². The average molecular weight is 497 g/mol. The number of amides is 3. The zero-order valence-corrected chi connectivity index (χ0v) is 19.2. The van der Waals surface area contributed by atoms with Crippen LogP contribution in [0.3, 0.4) is 0 Å². The molecule has 3 amide bonds. The summed E-state index contributed by atoms with van der Waals surface area (Å²) in [5, 5.41) is 2.60. The van der Waals surface area contributed by atoms with Gasteiger partial charge in [0.15, 0.2) is 0 Å². The quantitative estimate of drug-likeness (QED) is 0.422. The lowest BCUT2D eigenvalue weighted by molar-refractivity contribution is -0.127. The van der Waals surface area contributed by atoms with Gasteiger partial charge >= 0.3 is 0 Å². The number of halogens is 2. The number of benzene rings is 3. The van der Waals surface area contributed by atoms with Crippen LogP contribution >= 0.6 is 23.4 Å². The van der Waals surface area contributed by atoms with E-state index >= 15 is 0 Å². The van der Waals surface area contributed by atoms with Crippen molar-refractivity contribution in [2.75, 3.05) is 11.9 Å². The molecule has 6 nitrogen and oxygen atoms in total. The number of carbonyl (C=O) groups excluding carboxylic acids is 3. The smallest absolute Gasteiger partial charge is 0.294 e. The molecule has 9 heteroatoms. The van der Waals surface area contributed by atoms with E-state index in [1.54, 1.807) is 36.4 Å². The van der Waals surface area contributed by atoms with Gasteiger partial charge in [-0.05, 0) is 65.9 Å². The molecule has 3 aromatic rings. The molecule has 0 aliphatic carbocycles. The second-order valence-corrected chi connectivity index (χ2v) is 8.68. The van der Waals surface area contributed by atoms with E-state index in [4.69, 9.17) is 16.3 Å². The van der Waals surface area contributed by atoms with Gasteiger partial charge in [-0.2, -0.15) is 0 Å². The van der Waals surface area contributed by atoms with E-state index in [1.807, 2.05) is 18.2 Å². The van der Waals surface area contributed by atoms with Crippen LogP contribution in [0.1, 0.15) is 11.1 Å². The molecule has 1 aliphatic heterocycles. The van der Waals surface area contributed by atoms with Gasteiger partial charge in [-0.15, -0.1) is 0 Å². The monoisotopic (exact) mass is 496 g/mol. The van der Waals surface area contributed by atoms with Gasteiger partial charge in [0.25, 0.3) is 11.1 Å². The standard InChI is InChI=1S/C25H18ClFN2O4S/c26-21-7-2-1-5-17(21)15-33-20-6-3-4-16(12-20)13-22-24(31)29(25(32)34-22)14-23(30)28-19-10-8-18(27)9-11-19/h1-13H,14-15H2,(H,28,30)/b22-13+. The third-order valence-electron chi connectivity index (χ3n) is 4.81. The maximum Gasteiger partial charge on any atom is 0.294 e. The Kier molecular flexibility index (Phi) is 7.30. The van der Waals surface area contributed by atoms with Crippen LogP contribution < -0.4 is 10.1 Å². The van der Waals surface area contributed by atoms with Crippen molar-refractivity contribution >= 4 is 52.2 Å². The van der Waals surface area contributed by atoms with Crippen molar-refractivity contribution in [3.63, 3.8) is 0 Å². The Hall–Kier alpha value is -3.62. The first-order valence-corrected chi connectivity index (χ1v) is 11.4. The number of nitrogens with one attached hydrogen (secondary N) is 1. The van der Waals surface area contributed by atoms with Crippen molar-refractivity contribution in [1.29, 1.82) is 0 Å². The molecule has 0 spiro atoms. The fourth-order valence-electron chi connectivity index (χ4n) is 3.14. The number of imide groups is 1. The molecule has 1 heterocycles. The first kappa shape index (κ1) is 23.5. The molecule has 0 saturated carbocycles. The highest BCUT2D eigenvalue weighted by atomic mass is 35.5. The third kappa shape index (κ3) is 5.84. The Morgan fingerprint density at radius 3 is 2.59 bits per heavy atom. The summed E-state index contributed by atoms with van der Waals surface area (Å²) in [6.45, 7) is -0.164. The minimum atomic E-state index is -0.565. The lowest BCUT2D eigenvalue weighted by Crippen LogP contribution is -2.36. The van der Waals surface area contributed by atoms with Crippen LogP contribution in [0.2, 0.25) is 5.02 Å². The summed E-state index contributed by atoms with van der Waals surface area (Å²) in [4.78, 5) is 38.4. The molecule has 1 saturated heterocycles. The number of thioether (sulfide) groups is 1. The maximum atomic E-state index is 13.0. The number of hydrogen-bond acceptors (Lipinski definition) is 5. The summed E-state index contributed by atoms with van der Waals surface area (Å²) in [5.74, 6) is -0.990. The van der Waals surface area contributed by atoms with Crippen molar-refractivity contribution < 1.29 is 23.5 Å². The van der Waals surface area contributed by atoms with Gasteiger partial charge in [-0.1, -0.05) is 41.9 Å². The van der Waals surface area contributed by atoms with Gasteiger partial charge in [0.2, 0.25) is 5.91 Å². The Morgan fingerprint density at radius 1 is 1.06 bits per heavy atom. The van der Waals surface area contributed by atoms with Gasteiger partial charge in [-0.3, -0.25) is 19.3 Å². The van der Waals surface area contributed by atoms with E-state index in [1.165, 1.54) is 24.3 Å². The minimum absolute atomic E-state index is 0.197. The molecule has 0 bridgehead atoms. The van der Waals surface area contributed by atoms with Gasteiger partial charge in [0, 0.05) is 16.3 Å². The van der Waals surface area contributed by atoms with Crippen LogP contribution in [-0.4, -0.2) is 28.5 Å². The summed E-state index contributed by atoms with van der Waals surface area (Å²) in [7, 11) is 0. The average Bonchev–Trinajstić information content (AvgIpc) is 3.07. The first-order chi connectivity index (χ1) is 16.4. The van der Waals surface area contributed by atoms with Crippen molar-refractivity contribution in [2.24, 2.45) is 0 Å². The van der Waals surface area contributed by atoms with Crippen molar-refractivity contribution in [1.82, 2.24) is 4.90 Å². The lowest BCUT2D eigenvalue weighted by Gasteiger charge is -2.12. The van der Waals surface area contributed by atoms with Gasteiger partial charge in [0.05, 0.1) is 4.91 Å². The number of rotatable bonds is 7. The van der Waals surface area contributed by atoms with Crippen molar-refractivity contribution in [2.45, 2.75) is 6.61 Å². The molecule has 1 aliphatic rings. The predicted octanol–water partition coefficient (Wildman–Crippen LogP) is 5.73. The third-order valence-corrected chi connectivity index (χ3v) is 6.09. The SMILES string of the molecule is O=C(CN1C(=O)S/C(=C/c2cccc(OCc3ccccc3Cl)c2)C1=O)Nc1ccc(F)cc1. The summed E-state index contributed by atoms with van der Waals surface area (Å²) in [5.41, 5.74) is 1.87. The molecular weight excluding hydrogens is 479 g/mol. The number of anilines is 1. The molecule has 0 aromatic heterocycles. The molecule has 0 radical (unpaired) electrons. The molecule has 1 fully saturated rings. The highest BCUT2D eigenvalue weighted by Gasteiger charge is 2.36. The molecule has 0 atom stereocenters. The minimum Gasteiger partial charge on any atom is -0.489 e. The zero-order valence-electron chi connectivity index (χ0n) is 17.7. The molecule has 34 heavy (non-hydrogen) atoms. The van der Waals surface area contributed by atoms with E-state index in [2.05, 4.69) is 5.32 Å². The number of ether oxygens (including phenoxy) is 1. The van der Waals surface area contributed by atoms with Gasteiger partial charge < -0.3 is 10.1 Å². The Labute approximate surface area is 204 Å². The molecule has 172 valence electrons. The van der Waals surface area contributed by atoms with Crippen molar-refractivity contribution in [3.05, 3.63) is 99.7 Å². The zero-order chi connectivity index (χ0) is 24.1. The first-order valence-electron chi connectivity index (χ1n) is 10.2. The lowest BCUT2D eigenvalue weighted by atomic mass is 10.2. The van der Waals surface area contributed by atoms with Gasteiger partial charge in [-0.25, -0.2) is 4.39 Å². The summed E-state index contributed by atoms with van der Waals surface area (Å²) in [6, 6.07) is 19.6. The van der Waals surface area contributed by atoms with Crippen molar-refractivity contribution in [3.8, 4) is 5.75 Å². The molecular formula is C25H18ClFN2O4S. The van der Waals surface area contributed by atoms with Crippen LogP contribution in [0, 0.1) is 5.82 Å². The normalized spacial score (nSPS) is 14.5. The van der Waals surface area contributed by atoms with E-state index in [0.717, 1.165) is 22.2 Å². The number of nitrogens with zero attached hydrogens (tertiary/aromatic N) is 1. The van der Waals surface area contributed by atoms with Crippen LogP contribution in [0.5, 0.6) is 5.75 Å². The summed E-state index contributed by atoms with van der Waals surface area (Å²) < 4.78 is 18.8. The Morgan fingerprint density at radius 2 is 1.82 bits per heavy atom. The van der Waals surface area contributed by atoms with Crippen LogP contribution in [0.15, 0.2) is 77.7 Å². The van der Waals surface area contributed by atoms with Gasteiger partial charge in [0.1, 0.15) is 24.7 Å². The summed E-state index contributed by atoms with van der Waals surface area (Å²) >= 11 is 6.91. The van der Waals surface area contributed by atoms with E-state index in [0.29, 0.717) is 22.0 Å². The molecule has 1 N–H and O–H groups in total. The summed E-state index contributed by atoms with van der Waals surface area (Å²) in [6.07, 6.45) is 1.57. The highest BCUT2D eigenvalue weighted by Crippen LogP contribution is 2.32. The van der Waals surface area contributed by atoms with Crippen LogP contribution in [0.4, 0.5) is 14.9 Å². The number of hydrogen-bond donors (Lipinski definition) is 1. The highest BCUT2D eigenvalue weighted by molar-refractivity contribution is 8.18. The molecule has 4 rings (SSSR count). The second-order valence-electron chi connectivity index (χ2n) is 7.28. The largest absolute Gasteiger partial charge is 0.489 e. The van der Waals surface area contributed by atoms with E-state index in [-0.39, 0.29) is 11.5 Å². The fourth-order valence-corrected chi connectivity index (χ4v) is 4.16.